The topological polar surface area (TPSA) is 24.9 Å². The van der Waals surface area contributed by atoms with Crippen LogP contribution in [0.1, 0.15) is 5.56 Å². The molecule has 0 bridgehead atoms. The number of aromatic nitrogens is 1. The quantitative estimate of drug-likeness (QED) is 0.768. The summed E-state index contributed by atoms with van der Waals surface area (Å²) < 4.78 is 1.88. The Labute approximate surface area is 122 Å². The van der Waals surface area contributed by atoms with Crippen LogP contribution in [-0.2, 0) is 0 Å². The predicted octanol–water partition coefficient (Wildman–Crippen LogP) is 5.31. The zero-order chi connectivity index (χ0) is 12.4. The van der Waals surface area contributed by atoms with Gasteiger partial charge in [-0.2, -0.15) is 0 Å². The summed E-state index contributed by atoms with van der Waals surface area (Å²) >= 11 is 12.7. The highest BCUT2D eigenvalue weighted by molar-refractivity contribution is 9.10. The number of hydrogen-bond acceptors (Lipinski definition) is 2. The average Bonchev–Trinajstić information content (AvgIpc) is 2.25. The molecule has 1 aromatic heterocycles. The van der Waals surface area contributed by atoms with Crippen molar-refractivity contribution < 1.29 is 0 Å². The lowest BCUT2D eigenvalue weighted by molar-refractivity contribution is 1.24. The fourth-order valence-electron chi connectivity index (χ4n) is 1.39. The number of aryl methyl sites for hydroxylation is 1. The summed E-state index contributed by atoms with van der Waals surface area (Å²) in [6.07, 6.45) is 1.76. The predicted molar refractivity (Wildman–Crippen MR) is 79.1 cm³/mol. The molecule has 5 heteroatoms. The van der Waals surface area contributed by atoms with Crippen molar-refractivity contribution in [2.45, 2.75) is 6.92 Å². The second kappa shape index (κ2) is 5.38. The minimum Gasteiger partial charge on any atom is -0.339 e. The van der Waals surface area contributed by atoms with Gasteiger partial charge < -0.3 is 5.32 Å². The van der Waals surface area contributed by atoms with Crippen molar-refractivity contribution in [2.75, 3.05) is 5.32 Å². The minimum absolute atomic E-state index is 0.697. The third kappa shape index (κ3) is 3.21. The van der Waals surface area contributed by atoms with Crippen LogP contribution in [0.25, 0.3) is 0 Å². The Bertz CT molecular complexity index is 509. The molecule has 0 saturated carbocycles. The van der Waals surface area contributed by atoms with Gasteiger partial charge in [-0.3, -0.25) is 0 Å². The maximum Gasteiger partial charge on any atom is 0.133 e. The van der Waals surface area contributed by atoms with Gasteiger partial charge in [0.25, 0.3) is 0 Å². The van der Waals surface area contributed by atoms with E-state index in [4.69, 9.17) is 11.6 Å². The van der Waals surface area contributed by atoms with Gasteiger partial charge in [-0.1, -0.05) is 11.6 Å². The smallest absolute Gasteiger partial charge is 0.133 e. The van der Waals surface area contributed by atoms with Crippen LogP contribution < -0.4 is 5.32 Å². The van der Waals surface area contributed by atoms with E-state index in [1.165, 1.54) is 0 Å². The van der Waals surface area contributed by atoms with Gasteiger partial charge in [-0.05, 0) is 68.6 Å². The lowest BCUT2D eigenvalue weighted by Crippen LogP contribution is -1.96. The van der Waals surface area contributed by atoms with Crippen LogP contribution in [0.3, 0.4) is 0 Å². The maximum absolute atomic E-state index is 5.89. The molecule has 0 fully saturated rings. The zero-order valence-corrected chi connectivity index (χ0v) is 12.9. The maximum atomic E-state index is 5.89. The third-order valence-corrected chi connectivity index (χ3v) is 3.55. The molecule has 0 aliphatic heterocycles. The number of hydrogen-bond donors (Lipinski definition) is 1. The molecule has 0 spiro atoms. The first-order valence-corrected chi connectivity index (χ1v) is 6.87. The molecule has 0 aliphatic rings. The van der Waals surface area contributed by atoms with E-state index in [2.05, 4.69) is 42.2 Å². The second-order valence-corrected chi connectivity index (χ2v) is 5.77. The molecule has 88 valence electrons. The van der Waals surface area contributed by atoms with Crippen molar-refractivity contribution in [2.24, 2.45) is 0 Å². The van der Waals surface area contributed by atoms with Crippen LogP contribution in [0.15, 0.2) is 39.4 Å². The molecule has 0 unspecified atom stereocenters. The molecule has 0 amide bonds. The van der Waals surface area contributed by atoms with E-state index in [0.29, 0.717) is 5.02 Å². The Morgan fingerprint density at radius 2 is 2.00 bits per heavy atom. The zero-order valence-electron chi connectivity index (χ0n) is 8.97. The summed E-state index contributed by atoms with van der Waals surface area (Å²) in [6.45, 7) is 2.00. The molecule has 0 atom stereocenters. The molecule has 1 heterocycles. The highest BCUT2D eigenvalue weighted by atomic mass is 79.9. The van der Waals surface area contributed by atoms with Gasteiger partial charge >= 0.3 is 0 Å². The van der Waals surface area contributed by atoms with E-state index in [1.807, 2.05) is 31.2 Å². The first-order valence-electron chi connectivity index (χ1n) is 4.90. The summed E-state index contributed by atoms with van der Waals surface area (Å²) in [5.74, 6) is 0.830. The van der Waals surface area contributed by atoms with E-state index in [0.717, 1.165) is 26.0 Å². The van der Waals surface area contributed by atoms with Crippen LogP contribution >= 0.6 is 43.5 Å². The SMILES string of the molecule is Cc1cc(Br)cnc1Nc1ccc(Cl)cc1Br. The number of pyridine rings is 1. The van der Waals surface area contributed by atoms with Crippen molar-refractivity contribution in [3.05, 3.63) is 50.0 Å². The number of nitrogens with one attached hydrogen (secondary N) is 1. The van der Waals surface area contributed by atoms with E-state index in [9.17, 15) is 0 Å². The van der Waals surface area contributed by atoms with E-state index < -0.39 is 0 Å². The van der Waals surface area contributed by atoms with Crippen LogP contribution in [0.5, 0.6) is 0 Å². The van der Waals surface area contributed by atoms with Crippen molar-refractivity contribution in [1.29, 1.82) is 0 Å². The Balaban J connectivity index is 2.31. The van der Waals surface area contributed by atoms with Gasteiger partial charge in [0.1, 0.15) is 5.82 Å². The van der Waals surface area contributed by atoms with Gasteiger partial charge in [0.15, 0.2) is 0 Å². The Morgan fingerprint density at radius 3 is 2.65 bits per heavy atom. The van der Waals surface area contributed by atoms with Crippen molar-refractivity contribution in [3.8, 4) is 0 Å². The Kier molecular flexibility index (Phi) is 4.07. The standard InChI is InChI=1S/C12H9Br2ClN2/c1-7-4-8(13)6-16-12(7)17-11-3-2-9(15)5-10(11)14/h2-6H,1H3,(H,16,17). The minimum atomic E-state index is 0.697. The van der Waals surface area contributed by atoms with Gasteiger partial charge in [-0.15, -0.1) is 0 Å². The van der Waals surface area contributed by atoms with Gasteiger partial charge in [-0.25, -0.2) is 4.98 Å². The lowest BCUT2D eigenvalue weighted by Gasteiger charge is -2.10. The second-order valence-electron chi connectivity index (χ2n) is 3.57. The normalized spacial score (nSPS) is 10.4. The van der Waals surface area contributed by atoms with E-state index >= 15 is 0 Å². The van der Waals surface area contributed by atoms with Crippen molar-refractivity contribution >= 4 is 55.0 Å². The molecular weight excluding hydrogens is 367 g/mol. The summed E-state index contributed by atoms with van der Waals surface area (Å²) in [5.41, 5.74) is 2.01. The van der Waals surface area contributed by atoms with Crippen molar-refractivity contribution in [1.82, 2.24) is 4.98 Å². The number of nitrogens with zero attached hydrogens (tertiary/aromatic N) is 1. The molecule has 17 heavy (non-hydrogen) atoms. The lowest BCUT2D eigenvalue weighted by atomic mass is 10.2. The van der Waals surface area contributed by atoms with Crippen molar-refractivity contribution in [3.63, 3.8) is 0 Å². The van der Waals surface area contributed by atoms with Crippen LogP contribution in [0.4, 0.5) is 11.5 Å². The van der Waals surface area contributed by atoms with Crippen LogP contribution in [0.2, 0.25) is 5.02 Å². The number of rotatable bonds is 2. The first-order chi connectivity index (χ1) is 8.06. The fraction of sp³-hybridized carbons (Fsp3) is 0.0833. The Morgan fingerprint density at radius 1 is 1.24 bits per heavy atom. The summed E-state index contributed by atoms with van der Waals surface area (Å²) in [5, 5.41) is 3.95. The molecule has 0 saturated heterocycles. The number of anilines is 2. The summed E-state index contributed by atoms with van der Waals surface area (Å²) in [7, 11) is 0. The molecule has 1 N–H and O–H groups in total. The molecule has 0 aliphatic carbocycles. The van der Waals surface area contributed by atoms with E-state index in [1.54, 1.807) is 6.20 Å². The van der Waals surface area contributed by atoms with E-state index in [-0.39, 0.29) is 0 Å². The Hall–Kier alpha value is -0.580. The molecule has 0 radical (unpaired) electrons. The van der Waals surface area contributed by atoms with Crippen LogP contribution in [-0.4, -0.2) is 4.98 Å². The number of halogens is 3. The highest BCUT2D eigenvalue weighted by Gasteiger charge is 2.04. The monoisotopic (exact) mass is 374 g/mol. The third-order valence-electron chi connectivity index (χ3n) is 2.23. The molecule has 2 nitrogen and oxygen atoms in total. The summed E-state index contributed by atoms with van der Waals surface area (Å²) in [4.78, 5) is 4.32. The summed E-state index contributed by atoms with van der Waals surface area (Å²) in [6, 6.07) is 7.61. The fourth-order valence-corrected chi connectivity index (χ4v) is 2.62. The molecule has 1 aromatic carbocycles. The van der Waals surface area contributed by atoms with Gasteiger partial charge in [0, 0.05) is 20.2 Å². The average molecular weight is 376 g/mol. The van der Waals surface area contributed by atoms with Gasteiger partial charge in [0.05, 0.1) is 5.69 Å². The van der Waals surface area contributed by atoms with Gasteiger partial charge in [0.2, 0.25) is 0 Å². The molecular formula is C12H9Br2ClN2. The highest BCUT2D eigenvalue weighted by Crippen LogP contribution is 2.29. The molecule has 2 rings (SSSR count). The molecule has 2 aromatic rings. The largest absolute Gasteiger partial charge is 0.339 e. The number of benzene rings is 1. The van der Waals surface area contributed by atoms with Crippen LogP contribution in [0, 0.1) is 6.92 Å². The first kappa shape index (κ1) is 12.9.